The maximum absolute atomic E-state index is 14.7. The number of aromatic nitrogens is 3. The summed E-state index contributed by atoms with van der Waals surface area (Å²) in [4.78, 5) is 7.15. The van der Waals surface area contributed by atoms with E-state index in [9.17, 15) is 13.2 Å². The van der Waals surface area contributed by atoms with E-state index in [1.807, 2.05) is 19.9 Å². The van der Waals surface area contributed by atoms with Crippen molar-refractivity contribution in [3.05, 3.63) is 52.6 Å². The molecule has 1 aromatic carbocycles. The van der Waals surface area contributed by atoms with E-state index < -0.39 is 23.8 Å². The van der Waals surface area contributed by atoms with Crippen molar-refractivity contribution in [2.24, 2.45) is 0 Å². The lowest BCUT2D eigenvalue weighted by Gasteiger charge is -2.54. The van der Waals surface area contributed by atoms with Crippen molar-refractivity contribution in [2.45, 2.75) is 51.7 Å². The molecule has 2 fully saturated rings. The molecule has 3 aromatic rings. The second kappa shape index (κ2) is 7.88. The summed E-state index contributed by atoms with van der Waals surface area (Å²) in [7, 11) is 0. The maximum Gasteiger partial charge on any atom is 0.266 e. The molecule has 32 heavy (non-hydrogen) atoms. The second-order valence-corrected chi connectivity index (χ2v) is 8.53. The van der Waals surface area contributed by atoms with Crippen LogP contribution in [0.15, 0.2) is 24.3 Å². The third-order valence-electron chi connectivity index (χ3n) is 6.43. The Hall–Kier alpha value is -2.94. The van der Waals surface area contributed by atoms with Gasteiger partial charge < -0.3 is 15.0 Å². The van der Waals surface area contributed by atoms with Crippen molar-refractivity contribution in [1.29, 1.82) is 0 Å². The lowest BCUT2D eigenvalue weighted by molar-refractivity contribution is 0.0102. The van der Waals surface area contributed by atoms with E-state index in [1.54, 1.807) is 6.92 Å². The average Bonchev–Trinajstić information content (AvgIpc) is 2.77. The fourth-order valence-corrected chi connectivity index (χ4v) is 4.73. The summed E-state index contributed by atoms with van der Waals surface area (Å²) >= 11 is 0. The first kappa shape index (κ1) is 20.9. The number of fused-ring (bicyclic) bond motifs is 3. The zero-order valence-electron chi connectivity index (χ0n) is 18.1. The minimum atomic E-state index is -2.88. The number of nitrogens with one attached hydrogen (secondary N) is 1. The molecular weight excluding hydrogens is 419 g/mol. The fraction of sp³-hybridized carbons (Fsp3) is 0.435. The van der Waals surface area contributed by atoms with Crippen LogP contribution in [0.3, 0.4) is 0 Å². The summed E-state index contributed by atoms with van der Waals surface area (Å²) in [5.74, 6) is -0.467. The van der Waals surface area contributed by atoms with Crippen LogP contribution in [-0.4, -0.2) is 40.5 Å². The quantitative estimate of drug-likeness (QED) is 0.607. The smallest absolute Gasteiger partial charge is 0.266 e. The highest BCUT2D eigenvalue weighted by atomic mass is 19.3. The van der Waals surface area contributed by atoms with E-state index in [0.29, 0.717) is 42.3 Å². The molecule has 168 valence electrons. The topological polar surface area (TPSA) is 63.2 Å². The van der Waals surface area contributed by atoms with Gasteiger partial charge in [-0.05, 0) is 33.3 Å². The lowest BCUT2D eigenvalue weighted by Crippen LogP contribution is -2.64. The second-order valence-electron chi connectivity index (χ2n) is 8.53. The van der Waals surface area contributed by atoms with Crippen LogP contribution in [0.25, 0.3) is 10.9 Å². The minimum absolute atomic E-state index is 0.146. The van der Waals surface area contributed by atoms with E-state index in [1.165, 1.54) is 12.1 Å². The van der Waals surface area contributed by atoms with Gasteiger partial charge >= 0.3 is 0 Å². The lowest BCUT2D eigenvalue weighted by atomic mass is 9.90. The number of halogens is 3. The summed E-state index contributed by atoms with van der Waals surface area (Å²) in [5.41, 5.74) is 2.86. The Morgan fingerprint density at radius 2 is 1.81 bits per heavy atom. The molecular formula is C23H24F3N5O. The summed E-state index contributed by atoms with van der Waals surface area (Å²) in [6, 6.07) is 6.15. The fourth-order valence-electron chi connectivity index (χ4n) is 4.73. The van der Waals surface area contributed by atoms with E-state index in [0.717, 1.165) is 29.3 Å². The Labute approximate surface area is 183 Å². The van der Waals surface area contributed by atoms with Gasteiger partial charge in [0.05, 0.1) is 59.5 Å². The Kier molecular flexibility index (Phi) is 5.16. The highest BCUT2D eigenvalue weighted by Gasteiger charge is 2.43. The van der Waals surface area contributed by atoms with Gasteiger partial charge in [0.1, 0.15) is 5.82 Å². The Morgan fingerprint density at radius 3 is 2.50 bits per heavy atom. The number of hydrogen-bond acceptors (Lipinski definition) is 6. The first-order valence-electron chi connectivity index (χ1n) is 10.7. The van der Waals surface area contributed by atoms with E-state index in [2.05, 4.69) is 20.4 Å². The molecule has 0 saturated carbocycles. The predicted molar refractivity (Wildman–Crippen MR) is 116 cm³/mol. The predicted octanol–water partition coefficient (Wildman–Crippen LogP) is 4.87. The molecule has 2 aliphatic rings. The Bertz CT molecular complexity index is 1170. The number of morpholine rings is 1. The van der Waals surface area contributed by atoms with Crippen LogP contribution in [0, 0.1) is 19.7 Å². The first-order valence-corrected chi connectivity index (χ1v) is 10.7. The van der Waals surface area contributed by atoms with Crippen molar-refractivity contribution in [3.63, 3.8) is 0 Å². The van der Waals surface area contributed by atoms with Crippen LogP contribution in [0.4, 0.5) is 24.7 Å². The van der Waals surface area contributed by atoms with Gasteiger partial charge in [-0.1, -0.05) is 18.2 Å². The maximum atomic E-state index is 14.7. The average molecular weight is 443 g/mol. The van der Waals surface area contributed by atoms with Crippen LogP contribution in [-0.2, 0) is 4.74 Å². The van der Waals surface area contributed by atoms with Crippen LogP contribution in [0.5, 0.6) is 0 Å². The molecule has 2 unspecified atom stereocenters. The zero-order valence-corrected chi connectivity index (χ0v) is 18.1. The van der Waals surface area contributed by atoms with E-state index in [-0.39, 0.29) is 5.56 Å². The minimum Gasteiger partial charge on any atom is -0.377 e. The monoisotopic (exact) mass is 443 g/mol. The molecule has 9 heteroatoms. The molecule has 3 atom stereocenters. The van der Waals surface area contributed by atoms with Gasteiger partial charge in [0, 0.05) is 10.9 Å². The molecule has 0 spiro atoms. The zero-order chi connectivity index (χ0) is 22.6. The SMILES string of the molecule is Cc1nc2c(C)nnc(N[C@H](C)c3cccc(C(F)F)c3F)c2cc1N1C2COCC1C2. The molecule has 0 radical (unpaired) electrons. The molecule has 4 heterocycles. The summed E-state index contributed by atoms with van der Waals surface area (Å²) in [6.07, 6.45) is -1.77. The molecule has 1 N–H and O–H groups in total. The number of ether oxygens (including phenoxy) is 1. The number of nitrogens with zero attached hydrogens (tertiary/aromatic N) is 4. The molecule has 2 aromatic heterocycles. The Morgan fingerprint density at radius 1 is 1.09 bits per heavy atom. The van der Waals surface area contributed by atoms with Gasteiger partial charge in [0.15, 0.2) is 5.82 Å². The van der Waals surface area contributed by atoms with Gasteiger partial charge in [-0.15, -0.1) is 5.10 Å². The van der Waals surface area contributed by atoms with Crippen molar-refractivity contribution >= 4 is 22.4 Å². The number of pyridine rings is 1. The molecule has 2 bridgehead atoms. The van der Waals surface area contributed by atoms with Crippen molar-refractivity contribution in [1.82, 2.24) is 15.2 Å². The molecule has 0 amide bonds. The molecule has 5 rings (SSSR count). The van der Waals surface area contributed by atoms with Crippen molar-refractivity contribution < 1.29 is 17.9 Å². The Balaban J connectivity index is 1.54. The van der Waals surface area contributed by atoms with Crippen molar-refractivity contribution in [3.8, 4) is 0 Å². The van der Waals surface area contributed by atoms with Crippen LogP contribution in [0.1, 0.15) is 48.3 Å². The third-order valence-corrected chi connectivity index (χ3v) is 6.43. The van der Waals surface area contributed by atoms with Gasteiger partial charge in [-0.3, -0.25) is 0 Å². The summed E-state index contributed by atoms with van der Waals surface area (Å²) in [5, 5.41) is 12.4. The van der Waals surface area contributed by atoms with Crippen LogP contribution >= 0.6 is 0 Å². The van der Waals surface area contributed by atoms with Crippen molar-refractivity contribution in [2.75, 3.05) is 23.4 Å². The van der Waals surface area contributed by atoms with Gasteiger partial charge in [0.25, 0.3) is 6.43 Å². The molecule has 0 aliphatic carbocycles. The van der Waals surface area contributed by atoms with E-state index >= 15 is 0 Å². The molecule has 2 aliphatic heterocycles. The summed E-state index contributed by atoms with van der Waals surface area (Å²) in [6.45, 7) is 6.92. The number of anilines is 2. The largest absolute Gasteiger partial charge is 0.377 e. The number of benzene rings is 1. The van der Waals surface area contributed by atoms with Gasteiger partial charge in [-0.25, -0.2) is 18.2 Å². The standard InChI is InChI=1S/C23H24F3N5O/c1-11(16-5-4-6-17(20(16)24)22(25)26)28-23-18-8-19(31-14-7-15(31)10-32-9-14)12(2)27-21(18)13(3)29-30-23/h4-6,8,11,14-15,22H,7,9-10H2,1-3H3,(H,28,30)/t11-,14?,15?/m1/s1. The number of aryl methyl sites for hydroxylation is 2. The number of hydrogen-bond donors (Lipinski definition) is 1. The van der Waals surface area contributed by atoms with Gasteiger partial charge in [0.2, 0.25) is 0 Å². The van der Waals surface area contributed by atoms with Crippen LogP contribution < -0.4 is 10.2 Å². The third kappa shape index (κ3) is 3.35. The molecule has 6 nitrogen and oxygen atoms in total. The van der Waals surface area contributed by atoms with Crippen LogP contribution in [0.2, 0.25) is 0 Å². The normalized spacial score (nSPS) is 21.0. The molecule has 2 saturated heterocycles. The summed E-state index contributed by atoms with van der Waals surface area (Å²) < 4.78 is 46.6. The number of rotatable bonds is 5. The highest BCUT2D eigenvalue weighted by Crippen LogP contribution is 2.40. The first-order chi connectivity index (χ1) is 15.3. The van der Waals surface area contributed by atoms with E-state index in [4.69, 9.17) is 9.72 Å². The highest BCUT2D eigenvalue weighted by molar-refractivity contribution is 5.93. The van der Waals surface area contributed by atoms with Gasteiger partial charge in [-0.2, -0.15) is 5.10 Å². The number of alkyl halides is 2.